The second-order valence-electron chi connectivity index (χ2n) is 6.54. The molecule has 0 unspecified atom stereocenters. The van der Waals surface area contributed by atoms with Crippen molar-refractivity contribution in [1.29, 1.82) is 0 Å². The summed E-state index contributed by atoms with van der Waals surface area (Å²) in [5.41, 5.74) is 4.06. The van der Waals surface area contributed by atoms with Gasteiger partial charge in [0.1, 0.15) is 0 Å². The maximum Gasteiger partial charge on any atom is 0.224 e. The third-order valence-electron chi connectivity index (χ3n) is 4.21. The molecule has 5 nitrogen and oxygen atoms in total. The molecule has 6 heteroatoms. The minimum atomic E-state index is -3.36. The Bertz CT molecular complexity index is 863. The zero-order valence-corrected chi connectivity index (χ0v) is 16.3. The fourth-order valence-electron chi connectivity index (χ4n) is 2.73. The molecule has 2 aromatic rings. The summed E-state index contributed by atoms with van der Waals surface area (Å²) in [4.78, 5) is 12.1. The quantitative estimate of drug-likeness (QED) is 0.772. The van der Waals surface area contributed by atoms with Gasteiger partial charge in [-0.3, -0.25) is 4.79 Å². The summed E-state index contributed by atoms with van der Waals surface area (Å²) in [6.07, 6.45) is 1.48. The van der Waals surface area contributed by atoms with Gasteiger partial charge in [0.25, 0.3) is 0 Å². The van der Waals surface area contributed by atoms with Gasteiger partial charge in [-0.1, -0.05) is 54.1 Å². The Morgan fingerprint density at radius 3 is 2.46 bits per heavy atom. The summed E-state index contributed by atoms with van der Waals surface area (Å²) in [7, 11) is -3.36. The van der Waals surface area contributed by atoms with E-state index in [1.807, 2.05) is 62.4 Å². The van der Waals surface area contributed by atoms with Gasteiger partial charge in [0.05, 0.1) is 12.7 Å². The van der Waals surface area contributed by atoms with Crippen molar-refractivity contribution < 1.29 is 13.2 Å². The Hall–Kier alpha value is -2.18. The molecule has 1 amide bonds. The Kier molecular flexibility index (Phi) is 6.94. The molecule has 0 aliphatic heterocycles. The minimum absolute atomic E-state index is 0.111. The second-order valence-corrected chi connectivity index (χ2v) is 8.52. The van der Waals surface area contributed by atoms with Crippen molar-refractivity contribution in [3.05, 3.63) is 70.8 Å². The molecule has 2 aromatic carbocycles. The van der Waals surface area contributed by atoms with Crippen LogP contribution in [-0.2, 0) is 27.8 Å². The average Bonchev–Trinajstić information content (AvgIpc) is 2.54. The zero-order chi connectivity index (χ0) is 19.2. The van der Waals surface area contributed by atoms with Crippen LogP contribution >= 0.6 is 0 Å². The number of nitrogens with zero attached hydrogens (tertiary/aromatic N) is 1. The Morgan fingerprint density at radius 1 is 1.08 bits per heavy atom. The van der Waals surface area contributed by atoms with Crippen LogP contribution in [0.15, 0.2) is 48.5 Å². The maximum atomic E-state index is 12.1. The molecule has 0 aliphatic rings. The number of aryl methyl sites for hydroxylation is 2. The van der Waals surface area contributed by atoms with E-state index in [9.17, 15) is 13.2 Å². The standard InChI is InChI=1S/C20H26N2O3S/c1-16-7-6-9-18(13-16)14-20(23)21-11-12-22(26(3,24)25)15-19-10-5-4-8-17(19)2/h4-10,13H,11-12,14-15H2,1-3H3,(H,21,23). The fraction of sp³-hybridized carbons (Fsp3) is 0.350. The van der Waals surface area contributed by atoms with Crippen LogP contribution in [-0.4, -0.2) is 38.0 Å². The van der Waals surface area contributed by atoms with Gasteiger partial charge < -0.3 is 5.32 Å². The predicted octanol–water partition coefficient (Wildman–Crippen LogP) is 2.42. The SMILES string of the molecule is Cc1cccc(CC(=O)NCCN(Cc2ccccc2C)S(C)(=O)=O)c1. The van der Waals surface area contributed by atoms with Crippen LogP contribution in [0, 0.1) is 13.8 Å². The molecule has 140 valence electrons. The lowest BCUT2D eigenvalue weighted by Gasteiger charge is -2.21. The van der Waals surface area contributed by atoms with Crippen molar-refractivity contribution in [3.8, 4) is 0 Å². The summed E-state index contributed by atoms with van der Waals surface area (Å²) < 4.78 is 25.5. The molecule has 0 fully saturated rings. The van der Waals surface area contributed by atoms with E-state index in [-0.39, 0.29) is 19.0 Å². The first-order valence-electron chi connectivity index (χ1n) is 8.57. The molecule has 0 atom stereocenters. The van der Waals surface area contributed by atoms with E-state index < -0.39 is 10.0 Å². The Balaban J connectivity index is 1.91. The van der Waals surface area contributed by atoms with Gasteiger partial charge in [-0.2, -0.15) is 4.31 Å². The van der Waals surface area contributed by atoms with Crippen molar-refractivity contribution in [2.24, 2.45) is 0 Å². The lowest BCUT2D eigenvalue weighted by molar-refractivity contribution is -0.120. The van der Waals surface area contributed by atoms with Gasteiger partial charge in [-0.25, -0.2) is 8.42 Å². The van der Waals surface area contributed by atoms with Crippen molar-refractivity contribution in [2.45, 2.75) is 26.8 Å². The highest BCUT2D eigenvalue weighted by atomic mass is 32.2. The van der Waals surface area contributed by atoms with Crippen LogP contribution in [0.1, 0.15) is 22.3 Å². The van der Waals surface area contributed by atoms with Crippen molar-refractivity contribution in [1.82, 2.24) is 9.62 Å². The first-order chi connectivity index (χ1) is 12.3. The van der Waals surface area contributed by atoms with Crippen LogP contribution < -0.4 is 5.32 Å². The van der Waals surface area contributed by atoms with Crippen LogP contribution in [0.5, 0.6) is 0 Å². The van der Waals surface area contributed by atoms with Gasteiger partial charge in [0.2, 0.25) is 15.9 Å². The van der Waals surface area contributed by atoms with Crippen molar-refractivity contribution in [3.63, 3.8) is 0 Å². The molecular weight excluding hydrogens is 348 g/mol. The predicted molar refractivity (Wildman–Crippen MR) is 104 cm³/mol. The van der Waals surface area contributed by atoms with Crippen LogP contribution in [0.2, 0.25) is 0 Å². The number of carbonyl (C=O) groups is 1. The first kappa shape index (κ1) is 20.1. The molecule has 0 aromatic heterocycles. The Labute approximate surface area is 156 Å². The number of benzene rings is 2. The minimum Gasteiger partial charge on any atom is -0.354 e. The van der Waals surface area contributed by atoms with Gasteiger partial charge in [-0.15, -0.1) is 0 Å². The zero-order valence-electron chi connectivity index (χ0n) is 15.5. The third kappa shape index (κ3) is 6.28. The monoisotopic (exact) mass is 374 g/mol. The lowest BCUT2D eigenvalue weighted by Crippen LogP contribution is -2.38. The molecule has 0 spiro atoms. The van der Waals surface area contributed by atoms with E-state index in [1.54, 1.807) is 0 Å². The molecular formula is C20H26N2O3S. The summed E-state index contributed by atoms with van der Waals surface area (Å²) in [6, 6.07) is 15.5. The van der Waals surface area contributed by atoms with Crippen LogP contribution in [0.25, 0.3) is 0 Å². The smallest absolute Gasteiger partial charge is 0.224 e. The van der Waals surface area contributed by atoms with E-state index in [2.05, 4.69) is 5.32 Å². The van der Waals surface area contributed by atoms with Crippen LogP contribution in [0.4, 0.5) is 0 Å². The number of amides is 1. The highest BCUT2D eigenvalue weighted by molar-refractivity contribution is 7.88. The van der Waals surface area contributed by atoms with Crippen LogP contribution in [0.3, 0.4) is 0 Å². The molecule has 1 N–H and O–H groups in total. The summed E-state index contributed by atoms with van der Waals surface area (Å²) >= 11 is 0. The molecule has 26 heavy (non-hydrogen) atoms. The molecule has 2 rings (SSSR count). The van der Waals surface area contributed by atoms with Gasteiger partial charge in [0.15, 0.2) is 0 Å². The topological polar surface area (TPSA) is 66.5 Å². The molecule has 0 heterocycles. The highest BCUT2D eigenvalue weighted by Crippen LogP contribution is 2.12. The number of hydrogen-bond acceptors (Lipinski definition) is 3. The van der Waals surface area contributed by atoms with E-state index in [0.29, 0.717) is 13.0 Å². The number of carbonyl (C=O) groups excluding carboxylic acids is 1. The third-order valence-corrected chi connectivity index (χ3v) is 5.46. The summed E-state index contributed by atoms with van der Waals surface area (Å²) in [5.74, 6) is -0.111. The van der Waals surface area contributed by atoms with E-state index in [1.165, 1.54) is 10.6 Å². The lowest BCUT2D eigenvalue weighted by atomic mass is 10.1. The number of rotatable bonds is 8. The molecule has 0 saturated heterocycles. The number of sulfonamides is 1. The molecule has 0 saturated carbocycles. The normalized spacial score (nSPS) is 11.5. The maximum absolute atomic E-state index is 12.1. The number of hydrogen-bond donors (Lipinski definition) is 1. The van der Waals surface area contributed by atoms with Crippen molar-refractivity contribution >= 4 is 15.9 Å². The van der Waals surface area contributed by atoms with Gasteiger partial charge in [-0.05, 0) is 30.5 Å². The first-order valence-corrected chi connectivity index (χ1v) is 10.4. The average molecular weight is 375 g/mol. The van der Waals surface area contributed by atoms with Crippen molar-refractivity contribution in [2.75, 3.05) is 19.3 Å². The van der Waals surface area contributed by atoms with Gasteiger partial charge in [0, 0.05) is 19.6 Å². The van der Waals surface area contributed by atoms with E-state index in [0.717, 1.165) is 22.3 Å². The Morgan fingerprint density at radius 2 is 1.81 bits per heavy atom. The highest BCUT2D eigenvalue weighted by Gasteiger charge is 2.17. The fourth-order valence-corrected chi connectivity index (χ4v) is 3.53. The molecule has 0 aliphatic carbocycles. The summed E-state index contributed by atoms with van der Waals surface area (Å²) in [5, 5.41) is 2.81. The molecule has 0 radical (unpaired) electrons. The second kappa shape index (κ2) is 8.96. The van der Waals surface area contributed by atoms with E-state index >= 15 is 0 Å². The largest absolute Gasteiger partial charge is 0.354 e. The number of nitrogens with one attached hydrogen (secondary N) is 1. The van der Waals surface area contributed by atoms with E-state index in [4.69, 9.17) is 0 Å². The van der Waals surface area contributed by atoms with Gasteiger partial charge >= 0.3 is 0 Å². The molecule has 0 bridgehead atoms. The summed E-state index contributed by atoms with van der Waals surface area (Å²) in [6.45, 7) is 4.77.